The molecule has 0 fully saturated rings. The largest absolute Gasteiger partial charge is 0.0757 e. The van der Waals surface area contributed by atoms with E-state index in [0.717, 1.165) is 12.8 Å². The number of hydrogen-bond acceptors (Lipinski definition) is 0. The Bertz CT molecular complexity index is 3160. The molecule has 0 aliphatic heterocycles. The Labute approximate surface area is 322 Å². The summed E-state index contributed by atoms with van der Waals surface area (Å²) < 4.78 is 0. The van der Waals surface area contributed by atoms with E-state index in [2.05, 4.69) is 196 Å². The Morgan fingerprint density at radius 1 is 0.345 bits per heavy atom. The van der Waals surface area contributed by atoms with E-state index in [9.17, 15) is 0 Å². The molecule has 0 unspecified atom stereocenters. The SMILES string of the molecule is CC1(C)c2ccccc2-c2ccc(-c3c4c(c(-c5ccc(-c6ccc7ccccc7c6)cc5)c5cc(-c6ccc7ccccc7c6)ccc35)=CCCC=4)cc21. The van der Waals surface area contributed by atoms with Crippen LogP contribution in [0.1, 0.15) is 37.8 Å². The van der Waals surface area contributed by atoms with Crippen LogP contribution in [-0.2, 0) is 5.41 Å². The summed E-state index contributed by atoms with van der Waals surface area (Å²) in [5.74, 6) is 0. The Hall–Kier alpha value is -6.50. The van der Waals surface area contributed by atoms with Gasteiger partial charge >= 0.3 is 0 Å². The van der Waals surface area contributed by atoms with E-state index in [0.29, 0.717) is 0 Å². The van der Waals surface area contributed by atoms with Crippen molar-refractivity contribution in [3.05, 3.63) is 191 Å². The van der Waals surface area contributed by atoms with Crippen LogP contribution in [-0.4, -0.2) is 0 Å². The van der Waals surface area contributed by atoms with E-state index in [1.165, 1.54) is 110 Å². The predicted octanol–water partition coefficient (Wildman–Crippen LogP) is 13.5. The van der Waals surface area contributed by atoms with E-state index in [1.807, 2.05) is 0 Å². The predicted molar refractivity (Wildman–Crippen MR) is 236 cm³/mol. The molecule has 11 rings (SSSR count). The third-order valence-corrected chi connectivity index (χ3v) is 12.5. The van der Waals surface area contributed by atoms with Gasteiger partial charge in [0.1, 0.15) is 0 Å². The van der Waals surface area contributed by atoms with Gasteiger partial charge in [-0.05, 0) is 147 Å². The maximum Gasteiger partial charge on any atom is 0.0159 e. The number of benzene rings is 9. The van der Waals surface area contributed by atoms with Gasteiger partial charge in [0.15, 0.2) is 0 Å². The molecule has 0 amide bonds. The van der Waals surface area contributed by atoms with Gasteiger partial charge in [0.2, 0.25) is 0 Å². The normalized spacial score (nSPS) is 13.9. The average molecular weight is 701 g/mol. The fourth-order valence-electron chi connectivity index (χ4n) is 9.64. The molecular weight excluding hydrogens is 661 g/mol. The smallest absolute Gasteiger partial charge is 0.0159 e. The second kappa shape index (κ2) is 12.3. The number of rotatable bonds is 4. The molecule has 0 bridgehead atoms. The molecule has 0 saturated heterocycles. The molecule has 0 atom stereocenters. The maximum atomic E-state index is 2.50. The van der Waals surface area contributed by atoms with Crippen molar-refractivity contribution in [1.29, 1.82) is 0 Å². The molecule has 0 saturated carbocycles. The lowest BCUT2D eigenvalue weighted by Gasteiger charge is -2.23. The molecular formula is C55H40. The molecule has 0 spiro atoms. The highest BCUT2D eigenvalue weighted by molar-refractivity contribution is 6.08. The van der Waals surface area contributed by atoms with Crippen LogP contribution in [0.25, 0.3) is 100 Å². The zero-order valence-electron chi connectivity index (χ0n) is 31.2. The summed E-state index contributed by atoms with van der Waals surface area (Å²) in [6.07, 6.45) is 7.09. The van der Waals surface area contributed by atoms with Gasteiger partial charge in [0.25, 0.3) is 0 Å². The minimum Gasteiger partial charge on any atom is -0.0757 e. The van der Waals surface area contributed by atoms with Gasteiger partial charge in [-0.15, -0.1) is 0 Å². The minimum absolute atomic E-state index is 0.0659. The van der Waals surface area contributed by atoms with E-state index >= 15 is 0 Å². The Morgan fingerprint density at radius 2 is 0.836 bits per heavy atom. The first-order chi connectivity index (χ1) is 27.0. The van der Waals surface area contributed by atoms with Crippen molar-refractivity contribution in [2.24, 2.45) is 0 Å². The molecule has 9 aromatic rings. The molecule has 2 aliphatic rings. The van der Waals surface area contributed by atoms with Crippen molar-refractivity contribution >= 4 is 44.5 Å². The van der Waals surface area contributed by atoms with Crippen molar-refractivity contribution in [2.75, 3.05) is 0 Å². The molecule has 0 heteroatoms. The third-order valence-electron chi connectivity index (χ3n) is 12.5. The lowest BCUT2D eigenvalue weighted by atomic mass is 9.80. The Kier molecular flexibility index (Phi) is 7.13. The first kappa shape index (κ1) is 32.0. The van der Waals surface area contributed by atoms with Gasteiger partial charge < -0.3 is 0 Å². The number of fused-ring (bicyclic) bond motifs is 7. The monoisotopic (exact) mass is 700 g/mol. The fourth-order valence-corrected chi connectivity index (χ4v) is 9.64. The lowest BCUT2D eigenvalue weighted by Crippen LogP contribution is -2.31. The standard InChI is InChI=1S/C55H40/c1-55(2)51-18-10-9-15-45(51)46-29-28-44(34-52(46)55)54-48-17-8-7-16-47(48)53(38-23-19-37(20-24-38)41-25-21-35-11-3-5-13-39(35)31-41)50-33-43(27-30-49(50)54)42-26-22-36-12-4-6-14-40(36)32-42/h3-6,9-34H,7-8H2,1-2H3. The zero-order valence-corrected chi connectivity index (χ0v) is 31.2. The summed E-state index contributed by atoms with van der Waals surface area (Å²) in [6.45, 7) is 4.77. The van der Waals surface area contributed by atoms with E-state index in [-0.39, 0.29) is 5.41 Å². The van der Waals surface area contributed by atoms with Crippen LogP contribution in [0.2, 0.25) is 0 Å². The molecule has 260 valence electrons. The first-order valence-electron chi connectivity index (χ1n) is 19.6. The van der Waals surface area contributed by atoms with Crippen molar-refractivity contribution in [3.8, 4) is 55.6 Å². The van der Waals surface area contributed by atoms with Crippen LogP contribution >= 0.6 is 0 Å². The molecule has 55 heavy (non-hydrogen) atoms. The van der Waals surface area contributed by atoms with Crippen LogP contribution in [0.3, 0.4) is 0 Å². The average Bonchev–Trinajstić information content (AvgIpc) is 3.47. The van der Waals surface area contributed by atoms with Gasteiger partial charge in [-0.2, -0.15) is 0 Å². The van der Waals surface area contributed by atoms with E-state index < -0.39 is 0 Å². The third kappa shape index (κ3) is 5.05. The summed E-state index contributed by atoms with van der Waals surface area (Å²) in [5, 5.41) is 10.4. The molecule has 0 N–H and O–H groups in total. The molecule has 0 radical (unpaired) electrons. The molecule has 9 aromatic carbocycles. The summed E-state index contributed by atoms with van der Waals surface area (Å²) in [5.41, 5.74) is 15.7. The molecule has 0 nitrogen and oxygen atoms in total. The second-order valence-electron chi connectivity index (χ2n) is 16.0. The highest BCUT2D eigenvalue weighted by Crippen LogP contribution is 2.50. The Balaban J connectivity index is 1.15. The summed E-state index contributed by atoms with van der Waals surface area (Å²) in [6, 6.07) is 63.7. The fraction of sp³-hybridized carbons (Fsp3) is 0.0909. The van der Waals surface area contributed by atoms with Crippen molar-refractivity contribution in [3.63, 3.8) is 0 Å². The maximum absolute atomic E-state index is 2.50. The van der Waals surface area contributed by atoms with Gasteiger partial charge in [0, 0.05) is 5.41 Å². The molecule has 0 heterocycles. The van der Waals surface area contributed by atoms with Crippen LogP contribution in [0.4, 0.5) is 0 Å². The van der Waals surface area contributed by atoms with Gasteiger partial charge in [0.05, 0.1) is 0 Å². The zero-order chi connectivity index (χ0) is 36.7. The van der Waals surface area contributed by atoms with Crippen molar-refractivity contribution < 1.29 is 0 Å². The topological polar surface area (TPSA) is 0 Å². The highest BCUT2D eigenvalue weighted by atomic mass is 14.4. The van der Waals surface area contributed by atoms with Gasteiger partial charge in [-0.25, -0.2) is 0 Å². The van der Waals surface area contributed by atoms with Crippen LogP contribution in [0.5, 0.6) is 0 Å². The Morgan fingerprint density at radius 3 is 1.53 bits per heavy atom. The number of hydrogen-bond donors (Lipinski definition) is 0. The molecule has 0 aromatic heterocycles. The van der Waals surface area contributed by atoms with Crippen LogP contribution in [0.15, 0.2) is 170 Å². The van der Waals surface area contributed by atoms with Crippen molar-refractivity contribution in [2.45, 2.75) is 32.1 Å². The summed E-state index contributed by atoms with van der Waals surface area (Å²) in [7, 11) is 0. The summed E-state index contributed by atoms with van der Waals surface area (Å²) in [4.78, 5) is 0. The first-order valence-corrected chi connectivity index (χ1v) is 19.6. The lowest BCUT2D eigenvalue weighted by molar-refractivity contribution is 0.660. The van der Waals surface area contributed by atoms with Crippen molar-refractivity contribution in [1.82, 2.24) is 0 Å². The van der Waals surface area contributed by atoms with Gasteiger partial charge in [-0.3, -0.25) is 0 Å². The molecule has 2 aliphatic carbocycles. The van der Waals surface area contributed by atoms with Gasteiger partial charge in [-0.1, -0.05) is 172 Å². The second-order valence-corrected chi connectivity index (χ2v) is 16.0. The van der Waals surface area contributed by atoms with E-state index in [4.69, 9.17) is 0 Å². The summed E-state index contributed by atoms with van der Waals surface area (Å²) >= 11 is 0. The van der Waals surface area contributed by atoms with Crippen LogP contribution in [0, 0.1) is 0 Å². The van der Waals surface area contributed by atoms with E-state index in [1.54, 1.807) is 0 Å². The van der Waals surface area contributed by atoms with Crippen LogP contribution < -0.4 is 10.4 Å². The minimum atomic E-state index is -0.0659. The highest BCUT2D eigenvalue weighted by Gasteiger charge is 2.35. The quantitative estimate of drug-likeness (QED) is 0.171.